The largest absolute Gasteiger partial charge is 0.339 e. The molecule has 2 aliphatic heterocycles. The van der Waals surface area contributed by atoms with Crippen LogP contribution in [0.15, 0.2) is 48.5 Å². The van der Waals surface area contributed by atoms with Crippen molar-refractivity contribution in [3.8, 4) is 0 Å². The minimum absolute atomic E-state index is 0.0722. The van der Waals surface area contributed by atoms with E-state index in [2.05, 4.69) is 10.2 Å². The van der Waals surface area contributed by atoms with E-state index in [1.807, 2.05) is 24.3 Å². The molecule has 2 aromatic carbocycles. The minimum atomic E-state index is -1.54. The number of benzene rings is 2. The first-order chi connectivity index (χ1) is 15.3. The summed E-state index contributed by atoms with van der Waals surface area (Å²) in [4.78, 5) is 43.0. The Morgan fingerprint density at radius 2 is 1.81 bits per heavy atom. The van der Waals surface area contributed by atoms with Crippen molar-refractivity contribution in [3.63, 3.8) is 0 Å². The molecule has 2 aromatic rings. The third-order valence-corrected chi connectivity index (χ3v) is 6.24. The van der Waals surface area contributed by atoms with Crippen LogP contribution >= 0.6 is 11.6 Å². The maximum absolute atomic E-state index is 14.3. The first kappa shape index (κ1) is 22.2. The molecule has 0 bridgehead atoms. The van der Waals surface area contributed by atoms with Crippen LogP contribution in [0.2, 0.25) is 5.02 Å². The van der Waals surface area contributed by atoms with E-state index in [0.717, 1.165) is 17.0 Å². The minimum Gasteiger partial charge on any atom is -0.339 e. The third-order valence-electron chi connectivity index (χ3n) is 6.00. The van der Waals surface area contributed by atoms with E-state index in [0.29, 0.717) is 31.2 Å². The molecule has 1 N–H and O–H groups in total. The standard InChI is InChI=1S/C23H24ClFN4O3/c1-23(18-7-2-3-8-19(18)25)21(31)29(22(32)26-23)15-20(30)28-11-9-27(10-12-28)14-16-5-4-6-17(24)13-16/h2-8,13H,9-12,14-15H2,1H3,(H,26,32). The second kappa shape index (κ2) is 8.88. The summed E-state index contributed by atoms with van der Waals surface area (Å²) in [5.74, 6) is -1.54. The average Bonchev–Trinajstić information content (AvgIpc) is 2.98. The van der Waals surface area contributed by atoms with Gasteiger partial charge in [0.25, 0.3) is 5.91 Å². The Kier molecular flexibility index (Phi) is 6.17. The fourth-order valence-electron chi connectivity index (χ4n) is 4.17. The third kappa shape index (κ3) is 4.33. The van der Waals surface area contributed by atoms with Gasteiger partial charge >= 0.3 is 6.03 Å². The van der Waals surface area contributed by atoms with Crippen molar-refractivity contribution in [1.29, 1.82) is 0 Å². The van der Waals surface area contributed by atoms with Crippen molar-refractivity contribution < 1.29 is 18.8 Å². The number of urea groups is 1. The van der Waals surface area contributed by atoms with Crippen LogP contribution in [0.1, 0.15) is 18.1 Å². The summed E-state index contributed by atoms with van der Waals surface area (Å²) in [5, 5.41) is 3.23. The molecule has 9 heteroatoms. The van der Waals surface area contributed by atoms with Crippen LogP contribution in [0, 0.1) is 5.82 Å². The molecule has 2 saturated heterocycles. The van der Waals surface area contributed by atoms with Crippen LogP contribution in [-0.2, 0) is 21.7 Å². The molecule has 2 heterocycles. The summed E-state index contributed by atoms with van der Waals surface area (Å²) in [6.45, 7) is 4.14. The Morgan fingerprint density at radius 3 is 2.50 bits per heavy atom. The van der Waals surface area contributed by atoms with Gasteiger partial charge in [-0.05, 0) is 30.7 Å². The molecular formula is C23H24ClFN4O3. The van der Waals surface area contributed by atoms with Crippen LogP contribution in [-0.4, -0.2) is 65.3 Å². The maximum atomic E-state index is 14.3. The van der Waals surface area contributed by atoms with Crippen LogP contribution in [0.5, 0.6) is 0 Å². The predicted molar refractivity (Wildman–Crippen MR) is 117 cm³/mol. The first-order valence-electron chi connectivity index (χ1n) is 10.4. The van der Waals surface area contributed by atoms with E-state index in [-0.39, 0.29) is 18.0 Å². The molecule has 4 amide bonds. The van der Waals surface area contributed by atoms with Crippen molar-refractivity contribution >= 4 is 29.4 Å². The molecular weight excluding hydrogens is 435 g/mol. The molecule has 32 heavy (non-hydrogen) atoms. The van der Waals surface area contributed by atoms with Gasteiger partial charge in [-0.1, -0.05) is 41.9 Å². The van der Waals surface area contributed by atoms with Crippen LogP contribution in [0.25, 0.3) is 0 Å². The Hall–Kier alpha value is -2.97. The van der Waals surface area contributed by atoms with Crippen molar-refractivity contribution in [3.05, 3.63) is 70.5 Å². The highest BCUT2D eigenvalue weighted by Gasteiger charge is 2.50. The number of rotatable bonds is 5. The van der Waals surface area contributed by atoms with E-state index in [4.69, 9.17) is 11.6 Å². The van der Waals surface area contributed by atoms with Gasteiger partial charge in [-0.2, -0.15) is 0 Å². The molecule has 2 fully saturated rings. The molecule has 0 aliphatic carbocycles. The van der Waals surface area contributed by atoms with Crippen LogP contribution < -0.4 is 5.32 Å². The van der Waals surface area contributed by atoms with Gasteiger partial charge in [-0.15, -0.1) is 0 Å². The summed E-state index contributed by atoms with van der Waals surface area (Å²) in [6.07, 6.45) is 0. The van der Waals surface area contributed by atoms with Crippen molar-refractivity contribution in [2.75, 3.05) is 32.7 Å². The Balaban J connectivity index is 1.36. The number of piperazine rings is 1. The van der Waals surface area contributed by atoms with Gasteiger partial charge in [0.1, 0.15) is 17.9 Å². The van der Waals surface area contributed by atoms with Crippen molar-refractivity contribution in [1.82, 2.24) is 20.0 Å². The van der Waals surface area contributed by atoms with Gasteiger partial charge in [0.05, 0.1) is 0 Å². The molecule has 0 aromatic heterocycles. The highest BCUT2D eigenvalue weighted by atomic mass is 35.5. The number of imide groups is 1. The lowest BCUT2D eigenvalue weighted by Crippen LogP contribution is -2.51. The monoisotopic (exact) mass is 458 g/mol. The van der Waals surface area contributed by atoms with Crippen LogP contribution in [0.3, 0.4) is 0 Å². The number of amides is 4. The lowest BCUT2D eigenvalue weighted by molar-refractivity contribution is -0.140. The van der Waals surface area contributed by atoms with Gasteiger partial charge in [0, 0.05) is 43.3 Å². The SMILES string of the molecule is CC1(c2ccccc2F)NC(=O)N(CC(=O)N2CCN(Cc3cccc(Cl)c3)CC2)C1=O. The van der Waals surface area contributed by atoms with Gasteiger partial charge < -0.3 is 10.2 Å². The molecule has 7 nitrogen and oxygen atoms in total. The quantitative estimate of drug-likeness (QED) is 0.699. The number of nitrogens with one attached hydrogen (secondary N) is 1. The molecule has 1 unspecified atom stereocenters. The summed E-state index contributed by atoms with van der Waals surface area (Å²) < 4.78 is 14.3. The predicted octanol–water partition coefficient (Wildman–Crippen LogP) is 2.59. The molecule has 1 atom stereocenters. The number of hydrogen-bond donors (Lipinski definition) is 1. The van der Waals surface area contributed by atoms with Crippen molar-refractivity contribution in [2.24, 2.45) is 0 Å². The first-order valence-corrected chi connectivity index (χ1v) is 10.8. The van der Waals surface area contributed by atoms with Crippen LogP contribution in [0.4, 0.5) is 9.18 Å². The molecule has 0 saturated carbocycles. The normalized spacial score (nSPS) is 21.7. The average molecular weight is 459 g/mol. The molecule has 4 rings (SSSR count). The summed E-state index contributed by atoms with van der Waals surface area (Å²) in [5.41, 5.74) is -0.370. The van der Waals surface area contributed by atoms with Gasteiger partial charge in [-0.25, -0.2) is 9.18 Å². The van der Waals surface area contributed by atoms with Gasteiger partial charge in [0.15, 0.2) is 0 Å². The van der Waals surface area contributed by atoms with Gasteiger partial charge in [-0.3, -0.25) is 19.4 Å². The smallest absolute Gasteiger partial charge is 0.325 e. The Bertz CT molecular complexity index is 1060. The zero-order chi connectivity index (χ0) is 22.9. The summed E-state index contributed by atoms with van der Waals surface area (Å²) in [7, 11) is 0. The zero-order valence-corrected chi connectivity index (χ0v) is 18.4. The number of carbonyl (C=O) groups is 3. The second-order valence-electron chi connectivity index (χ2n) is 8.21. The highest BCUT2D eigenvalue weighted by molar-refractivity contribution is 6.30. The van der Waals surface area contributed by atoms with E-state index in [1.54, 1.807) is 11.0 Å². The van der Waals surface area contributed by atoms with Gasteiger partial charge in [0.2, 0.25) is 5.91 Å². The number of halogens is 2. The fraction of sp³-hybridized carbons (Fsp3) is 0.348. The Morgan fingerprint density at radius 1 is 1.09 bits per heavy atom. The number of nitrogens with zero attached hydrogens (tertiary/aromatic N) is 3. The lowest BCUT2D eigenvalue weighted by Gasteiger charge is -2.35. The summed E-state index contributed by atoms with van der Waals surface area (Å²) >= 11 is 6.04. The van der Waals surface area contributed by atoms with E-state index >= 15 is 0 Å². The molecule has 0 spiro atoms. The molecule has 2 aliphatic rings. The van der Waals surface area contributed by atoms with E-state index < -0.39 is 23.3 Å². The Labute approximate surface area is 190 Å². The number of carbonyl (C=O) groups excluding carboxylic acids is 3. The lowest BCUT2D eigenvalue weighted by atomic mass is 9.91. The maximum Gasteiger partial charge on any atom is 0.325 e. The topological polar surface area (TPSA) is 73.0 Å². The highest BCUT2D eigenvalue weighted by Crippen LogP contribution is 2.30. The van der Waals surface area contributed by atoms with Crippen molar-refractivity contribution in [2.45, 2.75) is 19.0 Å². The van der Waals surface area contributed by atoms with E-state index in [1.165, 1.54) is 25.1 Å². The van der Waals surface area contributed by atoms with E-state index in [9.17, 15) is 18.8 Å². The number of hydrogen-bond acceptors (Lipinski definition) is 4. The summed E-state index contributed by atoms with van der Waals surface area (Å²) in [6, 6.07) is 12.8. The molecule has 0 radical (unpaired) electrons. The fourth-order valence-corrected chi connectivity index (χ4v) is 4.39. The zero-order valence-electron chi connectivity index (χ0n) is 17.7. The molecule has 168 valence electrons. The second-order valence-corrected chi connectivity index (χ2v) is 8.65.